The van der Waals surface area contributed by atoms with Crippen LogP contribution in [0.1, 0.15) is 56.5 Å². The Balaban J connectivity index is 1.06. The quantitative estimate of drug-likeness (QED) is 0.115. The summed E-state index contributed by atoms with van der Waals surface area (Å²) in [6.45, 7) is 4.99. The van der Waals surface area contributed by atoms with Crippen molar-refractivity contribution in [3.63, 3.8) is 0 Å². The van der Waals surface area contributed by atoms with Crippen molar-refractivity contribution in [2.75, 3.05) is 25.6 Å². The summed E-state index contributed by atoms with van der Waals surface area (Å²) in [6, 6.07) is 29.5. The SMILES string of the molecule is COP(=O)(NC(=O)[C@@H]1CCCN1C(c1ccccc1)(c1ccccc1)c1ccccc1)OC[C@H]1O[C@@H](n2c(=O)[nH]c3c(NC(C)=O)ncnc32)[C@@H]2OC(C)(C)O[C@@H]21. The van der Waals surface area contributed by atoms with Crippen LogP contribution in [0.25, 0.3) is 11.2 Å². The van der Waals surface area contributed by atoms with Gasteiger partial charge in [-0.1, -0.05) is 91.0 Å². The van der Waals surface area contributed by atoms with Crippen LogP contribution in [0.4, 0.5) is 5.82 Å². The molecular weight excluding hydrogens is 753 g/mol. The number of nitrogens with one attached hydrogen (secondary N) is 3. The van der Waals surface area contributed by atoms with Gasteiger partial charge in [-0.05, 0) is 43.4 Å². The number of aromatic amines is 1. The molecular formula is C40H44N7O9P. The Morgan fingerprint density at radius 1 is 0.947 bits per heavy atom. The van der Waals surface area contributed by atoms with Crippen molar-refractivity contribution in [2.24, 2.45) is 0 Å². The zero-order chi connectivity index (χ0) is 40.0. The number of imidazole rings is 1. The highest BCUT2D eigenvalue weighted by molar-refractivity contribution is 7.52. The minimum Gasteiger partial charge on any atom is -0.346 e. The van der Waals surface area contributed by atoms with Crippen molar-refractivity contribution in [2.45, 2.75) is 75.5 Å². The van der Waals surface area contributed by atoms with Crippen LogP contribution in [-0.2, 0) is 43.0 Å². The smallest absolute Gasteiger partial charge is 0.346 e. The third-order valence-corrected chi connectivity index (χ3v) is 12.1. The molecule has 298 valence electrons. The number of ether oxygens (including phenoxy) is 3. The van der Waals surface area contributed by atoms with Crippen molar-refractivity contribution >= 4 is 36.5 Å². The highest BCUT2D eigenvalue weighted by Crippen LogP contribution is 2.50. The molecule has 8 rings (SSSR count). The number of carbonyl (C=O) groups excluding carboxylic acids is 2. The molecule has 2 aromatic heterocycles. The molecule has 0 spiro atoms. The summed E-state index contributed by atoms with van der Waals surface area (Å²) < 4.78 is 45.7. The van der Waals surface area contributed by atoms with E-state index in [1.807, 2.05) is 54.6 Å². The number of H-pyrrole nitrogens is 1. The van der Waals surface area contributed by atoms with Crippen LogP contribution in [0.2, 0.25) is 0 Å². The van der Waals surface area contributed by atoms with Crippen molar-refractivity contribution < 1.29 is 37.4 Å². The van der Waals surface area contributed by atoms with Crippen molar-refractivity contribution in [1.82, 2.24) is 29.5 Å². The monoisotopic (exact) mass is 797 g/mol. The number of amides is 2. The summed E-state index contributed by atoms with van der Waals surface area (Å²) in [5, 5.41) is 5.22. The lowest BCUT2D eigenvalue weighted by Gasteiger charge is -2.46. The van der Waals surface area contributed by atoms with E-state index < -0.39 is 61.3 Å². The maximum atomic E-state index is 14.5. The molecule has 3 N–H and O–H groups in total. The van der Waals surface area contributed by atoms with E-state index in [1.165, 1.54) is 24.9 Å². The van der Waals surface area contributed by atoms with E-state index in [-0.39, 0.29) is 29.5 Å². The minimum absolute atomic E-state index is 0.118. The molecule has 6 atom stereocenters. The fourth-order valence-electron chi connectivity index (χ4n) is 8.42. The third kappa shape index (κ3) is 7.12. The van der Waals surface area contributed by atoms with Crippen LogP contribution < -0.4 is 16.1 Å². The normalized spacial score (nSPS) is 24.2. The first-order valence-electron chi connectivity index (χ1n) is 18.7. The zero-order valence-corrected chi connectivity index (χ0v) is 32.8. The molecule has 5 heterocycles. The average molecular weight is 798 g/mol. The van der Waals surface area contributed by atoms with Gasteiger partial charge in [-0.3, -0.25) is 28.6 Å². The summed E-state index contributed by atoms with van der Waals surface area (Å²) in [5.41, 5.74) is 1.82. The predicted molar refractivity (Wildman–Crippen MR) is 208 cm³/mol. The summed E-state index contributed by atoms with van der Waals surface area (Å²) in [7, 11) is -3.11. The third-order valence-electron chi connectivity index (χ3n) is 10.6. The van der Waals surface area contributed by atoms with Crippen LogP contribution in [-0.4, -0.2) is 86.6 Å². The van der Waals surface area contributed by atoms with Crippen molar-refractivity contribution in [1.29, 1.82) is 0 Å². The Morgan fingerprint density at radius 2 is 1.54 bits per heavy atom. The molecule has 3 aliphatic rings. The summed E-state index contributed by atoms with van der Waals surface area (Å²) >= 11 is 0. The van der Waals surface area contributed by atoms with Gasteiger partial charge in [0.05, 0.1) is 18.2 Å². The Kier molecular flexibility index (Phi) is 10.5. The molecule has 1 unspecified atom stereocenters. The molecule has 0 bridgehead atoms. The lowest BCUT2D eigenvalue weighted by Crippen LogP contribution is -2.54. The molecule has 2 amide bonds. The summed E-state index contributed by atoms with van der Waals surface area (Å²) in [4.78, 5) is 52.9. The van der Waals surface area contributed by atoms with Gasteiger partial charge < -0.3 is 24.5 Å². The summed E-state index contributed by atoms with van der Waals surface area (Å²) in [5.74, 6) is -1.86. The van der Waals surface area contributed by atoms with E-state index in [0.29, 0.717) is 19.4 Å². The number of nitrogens with zero attached hydrogens (tertiary/aromatic N) is 4. The highest BCUT2D eigenvalue weighted by Gasteiger charge is 2.57. The van der Waals surface area contributed by atoms with Gasteiger partial charge in [-0.15, -0.1) is 0 Å². The largest absolute Gasteiger partial charge is 0.434 e. The standard InChI is InChI=1S/C40H44N7O9P/c1-25(48)43-34-31-35(42-24-41-34)47(38(50)44-31)37-33-32(55-39(2,3)56-33)30(54-37)23-53-57(51,52-4)45-36(49)29-21-14-22-46(29)40(26-15-8-5-9-16-26,27-17-10-6-11-18-27)28-19-12-7-13-20-28/h5-13,15-20,24,29-30,32-33,37H,14,21-23H2,1-4H3,(H,44,50)(H,45,49,51)(H,41,42,43,48)/t29-,30+,32+,33+,37+,57?/m0/s1. The maximum Gasteiger partial charge on any atom is 0.434 e. The number of benzene rings is 3. The van der Waals surface area contributed by atoms with Gasteiger partial charge in [0.1, 0.15) is 30.2 Å². The van der Waals surface area contributed by atoms with E-state index in [0.717, 1.165) is 16.7 Å². The van der Waals surface area contributed by atoms with E-state index in [2.05, 4.69) is 66.7 Å². The van der Waals surface area contributed by atoms with Gasteiger partial charge in [0.15, 0.2) is 23.5 Å². The van der Waals surface area contributed by atoms with Gasteiger partial charge in [-0.25, -0.2) is 23.9 Å². The van der Waals surface area contributed by atoms with Crippen LogP contribution in [0.3, 0.4) is 0 Å². The fraction of sp³-hybridized carbons (Fsp3) is 0.375. The van der Waals surface area contributed by atoms with Crippen LogP contribution in [0.5, 0.6) is 0 Å². The Bertz CT molecular complexity index is 2260. The van der Waals surface area contributed by atoms with E-state index in [4.69, 9.17) is 23.3 Å². The molecule has 5 aromatic rings. The molecule has 3 fully saturated rings. The fourth-order valence-corrected chi connectivity index (χ4v) is 9.45. The van der Waals surface area contributed by atoms with Gasteiger partial charge >= 0.3 is 13.4 Å². The minimum atomic E-state index is -4.31. The molecule has 3 saturated heterocycles. The van der Waals surface area contributed by atoms with Gasteiger partial charge in [0.25, 0.3) is 0 Å². The summed E-state index contributed by atoms with van der Waals surface area (Å²) in [6.07, 6.45) is -1.19. The Morgan fingerprint density at radius 3 is 2.12 bits per heavy atom. The highest BCUT2D eigenvalue weighted by atomic mass is 31.2. The van der Waals surface area contributed by atoms with E-state index in [1.54, 1.807) is 13.8 Å². The van der Waals surface area contributed by atoms with Gasteiger partial charge in [0, 0.05) is 20.6 Å². The van der Waals surface area contributed by atoms with Crippen LogP contribution in [0, 0.1) is 0 Å². The molecule has 57 heavy (non-hydrogen) atoms. The molecule has 0 saturated carbocycles. The number of likely N-dealkylation sites (tertiary alicyclic amines) is 1. The number of aromatic nitrogens is 4. The van der Waals surface area contributed by atoms with Crippen molar-refractivity contribution in [3.8, 4) is 0 Å². The van der Waals surface area contributed by atoms with Crippen molar-refractivity contribution in [3.05, 3.63) is 124 Å². The molecule has 3 aliphatic heterocycles. The predicted octanol–water partition coefficient (Wildman–Crippen LogP) is 4.84. The Labute approximate surface area is 328 Å². The topological polar surface area (TPSA) is 188 Å². The number of fused-ring (bicyclic) bond motifs is 2. The molecule has 0 aliphatic carbocycles. The lowest BCUT2D eigenvalue weighted by molar-refractivity contribution is -0.199. The first-order valence-corrected chi connectivity index (χ1v) is 20.3. The number of anilines is 1. The molecule has 16 nitrogen and oxygen atoms in total. The first-order chi connectivity index (χ1) is 27.4. The van der Waals surface area contributed by atoms with E-state index in [9.17, 15) is 18.9 Å². The average Bonchev–Trinajstić information content (AvgIpc) is 3.98. The molecule has 17 heteroatoms. The van der Waals surface area contributed by atoms with E-state index >= 15 is 0 Å². The second kappa shape index (κ2) is 15.4. The first kappa shape index (κ1) is 38.8. The zero-order valence-electron chi connectivity index (χ0n) is 31.9. The second-order valence-corrected chi connectivity index (χ2v) is 16.5. The Hall–Kier alpha value is -5.06. The van der Waals surface area contributed by atoms with Gasteiger partial charge in [0.2, 0.25) is 11.8 Å². The number of rotatable bonds is 12. The van der Waals surface area contributed by atoms with Crippen LogP contribution in [0.15, 0.2) is 102 Å². The van der Waals surface area contributed by atoms with Crippen LogP contribution >= 0.6 is 7.75 Å². The molecule has 0 radical (unpaired) electrons. The lowest BCUT2D eigenvalue weighted by atomic mass is 9.75. The maximum absolute atomic E-state index is 14.5. The number of hydrogen-bond donors (Lipinski definition) is 3. The molecule has 3 aromatic carbocycles. The number of hydrogen-bond acceptors (Lipinski definition) is 12. The van der Waals surface area contributed by atoms with Gasteiger partial charge in [-0.2, -0.15) is 0 Å². The number of carbonyl (C=O) groups is 2. The second-order valence-electron chi connectivity index (χ2n) is 14.6.